The summed E-state index contributed by atoms with van der Waals surface area (Å²) < 4.78 is 8.85. The number of halogens is 2. The maximum absolute atomic E-state index is 5.90. The molecule has 1 fully saturated rings. The van der Waals surface area contributed by atoms with Crippen LogP contribution >= 0.6 is 27.5 Å². The van der Waals surface area contributed by atoms with E-state index in [1.165, 1.54) is 0 Å². The molecule has 3 rings (SSSR count). The van der Waals surface area contributed by atoms with E-state index in [-0.39, 0.29) is 0 Å². The molecule has 1 saturated carbocycles. The first-order valence-electron chi connectivity index (χ1n) is 6.92. The Morgan fingerprint density at radius 3 is 3.00 bits per heavy atom. The Labute approximate surface area is 131 Å². The minimum atomic E-state index is 0.377. The fourth-order valence-electron chi connectivity index (χ4n) is 2.77. The average molecular weight is 359 g/mol. The summed E-state index contributed by atoms with van der Waals surface area (Å²) in [5.41, 5.74) is 1.88. The number of nitrogens with zero attached hydrogens (tertiary/aromatic N) is 3. The molecule has 0 amide bonds. The van der Waals surface area contributed by atoms with Crippen LogP contribution in [0.4, 0.5) is 0 Å². The van der Waals surface area contributed by atoms with Crippen LogP contribution < -0.4 is 0 Å². The van der Waals surface area contributed by atoms with Crippen molar-refractivity contribution >= 4 is 38.7 Å². The molecule has 2 aromatic heterocycles. The van der Waals surface area contributed by atoms with E-state index >= 15 is 0 Å². The summed E-state index contributed by atoms with van der Waals surface area (Å²) in [7, 11) is 0. The van der Waals surface area contributed by atoms with Crippen molar-refractivity contribution < 1.29 is 4.74 Å². The number of aromatic nitrogens is 3. The van der Waals surface area contributed by atoms with Crippen LogP contribution in [-0.2, 0) is 11.2 Å². The van der Waals surface area contributed by atoms with Gasteiger partial charge >= 0.3 is 0 Å². The largest absolute Gasteiger partial charge is 0.378 e. The molecule has 0 N–H and O–H groups in total. The zero-order valence-electron chi connectivity index (χ0n) is 11.4. The van der Waals surface area contributed by atoms with Crippen LogP contribution in [0.25, 0.3) is 11.2 Å². The number of ether oxygens (including phenoxy) is 1. The van der Waals surface area contributed by atoms with Crippen LogP contribution in [-0.4, -0.2) is 33.1 Å². The Balaban J connectivity index is 1.93. The lowest BCUT2D eigenvalue weighted by Gasteiger charge is -2.36. The van der Waals surface area contributed by atoms with E-state index in [4.69, 9.17) is 16.3 Å². The van der Waals surface area contributed by atoms with E-state index in [9.17, 15) is 0 Å². The molecule has 2 heterocycles. The smallest absolute Gasteiger partial charge is 0.160 e. The third-order valence-electron chi connectivity index (χ3n) is 3.73. The van der Waals surface area contributed by atoms with E-state index in [1.807, 2.05) is 19.2 Å². The maximum Gasteiger partial charge on any atom is 0.160 e. The van der Waals surface area contributed by atoms with Gasteiger partial charge in [-0.2, -0.15) is 0 Å². The minimum absolute atomic E-state index is 0.377. The lowest BCUT2D eigenvalue weighted by Crippen LogP contribution is -2.34. The molecule has 20 heavy (non-hydrogen) atoms. The number of hydrogen-bond donors (Lipinski definition) is 0. The molecule has 0 aliphatic heterocycles. The van der Waals surface area contributed by atoms with E-state index in [0.717, 1.165) is 47.3 Å². The zero-order chi connectivity index (χ0) is 14.1. The molecule has 1 aliphatic carbocycles. The second-order valence-electron chi connectivity index (χ2n) is 5.04. The average Bonchev–Trinajstić information content (AvgIpc) is 2.71. The molecule has 108 valence electrons. The third-order valence-corrected chi connectivity index (χ3v) is 4.35. The molecule has 1 aliphatic rings. The fourth-order valence-corrected chi connectivity index (χ4v) is 3.26. The van der Waals surface area contributed by atoms with Crippen molar-refractivity contribution in [1.29, 1.82) is 0 Å². The summed E-state index contributed by atoms with van der Waals surface area (Å²) in [6.07, 6.45) is 5.04. The minimum Gasteiger partial charge on any atom is -0.378 e. The van der Waals surface area contributed by atoms with Gasteiger partial charge in [-0.15, -0.1) is 11.6 Å². The normalized spacial score (nSPS) is 22.1. The van der Waals surface area contributed by atoms with Crippen LogP contribution in [0.1, 0.15) is 31.6 Å². The highest BCUT2D eigenvalue weighted by Gasteiger charge is 2.33. The standard InChI is InChI=1S/C14H17BrClN3O/c1-2-20-11-6-10(7-11)19-13(3-4-16)18-12-5-9(15)8-17-14(12)19/h5,8,10-11H,2-4,6-7H2,1H3. The number of rotatable bonds is 5. The van der Waals surface area contributed by atoms with Gasteiger partial charge in [0.1, 0.15) is 11.3 Å². The van der Waals surface area contributed by atoms with Crippen molar-refractivity contribution in [3.05, 3.63) is 22.6 Å². The quantitative estimate of drug-likeness (QED) is 0.765. The highest BCUT2D eigenvalue weighted by Crippen LogP contribution is 2.37. The monoisotopic (exact) mass is 357 g/mol. The Morgan fingerprint density at radius 2 is 2.30 bits per heavy atom. The topological polar surface area (TPSA) is 39.9 Å². The molecule has 0 aromatic carbocycles. The summed E-state index contributed by atoms with van der Waals surface area (Å²) in [4.78, 5) is 9.21. The van der Waals surface area contributed by atoms with E-state index in [2.05, 4.69) is 30.5 Å². The van der Waals surface area contributed by atoms with Gasteiger partial charge in [-0.1, -0.05) is 0 Å². The zero-order valence-corrected chi connectivity index (χ0v) is 13.7. The second kappa shape index (κ2) is 6.00. The van der Waals surface area contributed by atoms with Gasteiger partial charge in [-0.25, -0.2) is 9.97 Å². The highest BCUT2D eigenvalue weighted by molar-refractivity contribution is 9.10. The summed E-state index contributed by atoms with van der Waals surface area (Å²) in [6, 6.07) is 2.44. The van der Waals surface area contributed by atoms with Crippen LogP contribution in [0.2, 0.25) is 0 Å². The van der Waals surface area contributed by atoms with Crippen LogP contribution in [0, 0.1) is 0 Å². The Morgan fingerprint density at radius 1 is 1.50 bits per heavy atom. The van der Waals surface area contributed by atoms with Crippen LogP contribution in [0.3, 0.4) is 0 Å². The lowest BCUT2D eigenvalue weighted by molar-refractivity contribution is -0.0194. The fraction of sp³-hybridized carbons (Fsp3) is 0.571. The van der Waals surface area contributed by atoms with Crippen molar-refractivity contribution in [1.82, 2.24) is 14.5 Å². The van der Waals surface area contributed by atoms with Crippen LogP contribution in [0.15, 0.2) is 16.7 Å². The molecule has 0 saturated heterocycles. The van der Waals surface area contributed by atoms with Gasteiger partial charge in [0.15, 0.2) is 5.65 Å². The van der Waals surface area contributed by atoms with E-state index < -0.39 is 0 Å². The van der Waals surface area contributed by atoms with Gasteiger partial charge in [0, 0.05) is 35.6 Å². The molecule has 0 unspecified atom stereocenters. The Kier molecular flexibility index (Phi) is 4.29. The predicted octanol–water partition coefficient (Wildman–Crippen LogP) is 3.72. The van der Waals surface area contributed by atoms with Crippen molar-refractivity contribution in [3.63, 3.8) is 0 Å². The van der Waals surface area contributed by atoms with Gasteiger partial charge in [-0.3, -0.25) is 0 Å². The summed E-state index contributed by atoms with van der Waals surface area (Å²) in [6.45, 7) is 2.82. The van der Waals surface area contributed by atoms with Gasteiger partial charge < -0.3 is 9.30 Å². The molecule has 0 spiro atoms. The number of pyridine rings is 1. The first-order chi connectivity index (χ1) is 9.72. The number of alkyl halides is 1. The number of aryl methyl sites for hydroxylation is 1. The molecular weight excluding hydrogens is 342 g/mol. The lowest BCUT2D eigenvalue weighted by atomic mass is 9.88. The van der Waals surface area contributed by atoms with Gasteiger partial charge in [-0.05, 0) is 41.8 Å². The number of imidazole rings is 1. The molecule has 0 bridgehead atoms. The first-order valence-corrected chi connectivity index (χ1v) is 8.25. The van der Waals surface area contributed by atoms with Crippen molar-refractivity contribution in [2.45, 2.75) is 38.3 Å². The molecular formula is C14H17BrClN3O. The third kappa shape index (κ3) is 2.59. The van der Waals surface area contributed by atoms with Gasteiger partial charge in [0.25, 0.3) is 0 Å². The summed E-state index contributed by atoms with van der Waals surface area (Å²) in [5, 5.41) is 0. The highest BCUT2D eigenvalue weighted by atomic mass is 79.9. The van der Waals surface area contributed by atoms with Gasteiger partial charge in [0.05, 0.1) is 6.10 Å². The number of hydrogen-bond acceptors (Lipinski definition) is 3. The Bertz CT molecular complexity index is 610. The summed E-state index contributed by atoms with van der Waals surface area (Å²) >= 11 is 9.35. The molecule has 2 aromatic rings. The van der Waals surface area contributed by atoms with Gasteiger partial charge in [0.2, 0.25) is 0 Å². The van der Waals surface area contributed by atoms with Crippen LogP contribution in [0.5, 0.6) is 0 Å². The predicted molar refractivity (Wildman–Crippen MR) is 83.3 cm³/mol. The first kappa shape index (κ1) is 14.3. The molecule has 0 atom stereocenters. The molecule has 4 nitrogen and oxygen atoms in total. The SMILES string of the molecule is CCOC1CC(n2c(CCCl)nc3cc(Br)cnc32)C1. The molecule has 0 radical (unpaired) electrons. The number of fused-ring (bicyclic) bond motifs is 1. The Hall–Kier alpha value is -0.650. The second-order valence-corrected chi connectivity index (χ2v) is 6.33. The van der Waals surface area contributed by atoms with Crippen molar-refractivity contribution in [2.24, 2.45) is 0 Å². The maximum atomic E-state index is 5.90. The van der Waals surface area contributed by atoms with E-state index in [0.29, 0.717) is 18.0 Å². The van der Waals surface area contributed by atoms with Crippen molar-refractivity contribution in [3.8, 4) is 0 Å². The van der Waals surface area contributed by atoms with E-state index in [1.54, 1.807) is 0 Å². The summed E-state index contributed by atoms with van der Waals surface area (Å²) in [5.74, 6) is 1.60. The van der Waals surface area contributed by atoms with Crippen molar-refractivity contribution in [2.75, 3.05) is 12.5 Å². The molecule has 6 heteroatoms.